The normalized spacial score (nSPS) is 12.2. The van der Waals surface area contributed by atoms with Gasteiger partial charge < -0.3 is 9.84 Å². The maximum Gasteiger partial charge on any atom is 0.244 e. The molecule has 9 heteroatoms. The molecule has 0 saturated carbocycles. The summed E-state index contributed by atoms with van der Waals surface area (Å²) in [5, 5.41) is 7.46. The van der Waals surface area contributed by atoms with Gasteiger partial charge in [-0.15, -0.1) is 0 Å². The molecule has 0 aliphatic carbocycles. The molecule has 1 atom stereocenters. The topological polar surface area (TPSA) is 84.2 Å². The number of pyridine rings is 1. The number of carbonyl (C=O) groups is 1. The van der Waals surface area contributed by atoms with Crippen molar-refractivity contribution in [2.45, 2.75) is 13.0 Å². The van der Waals surface area contributed by atoms with Crippen molar-refractivity contribution in [2.24, 2.45) is 0 Å². The summed E-state index contributed by atoms with van der Waals surface area (Å²) >= 11 is 12.2. The van der Waals surface area contributed by atoms with Gasteiger partial charge in [0.1, 0.15) is 0 Å². The lowest BCUT2D eigenvalue weighted by molar-refractivity contribution is -0.117. The number of rotatable bonds is 6. The molecule has 1 N–H and O–H groups in total. The monoisotopic (exact) mass is 405 g/mol. The molecule has 0 spiro atoms. The van der Waals surface area contributed by atoms with Crippen molar-refractivity contribution in [1.82, 2.24) is 20.0 Å². The molecule has 2 heterocycles. The Morgan fingerprint density at radius 3 is 2.67 bits per heavy atom. The summed E-state index contributed by atoms with van der Waals surface area (Å²) in [5.74, 6) is 0.594. The molecular weight excluding hydrogens is 389 g/mol. The van der Waals surface area contributed by atoms with E-state index in [1.807, 2.05) is 13.0 Å². The van der Waals surface area contributed by atoms with Gasteiger partial charge in [-0.25, -0.2) is 0 Å². The molecule has 27 heavy (non-hydrogen) atoms. The van der Waals surface area contributed by atoms with Crippen LogP contribution in [0.5, 0.6) is 0 Å². The molecule has 0 aliphatic heterocycles. The van der Waals surface area contributed by atoms with E-state index in [-0.39, 0.29) is 18.5 Å². The number of anilines is 1. The quantitative estimate of drug-likeness (QED) is 0.665. The molecular formula is C18H17Cl2N5O2. The number of amides is 1. The van der Waals surface area contributed by atoms with E-state index in [1.54, 1.807) is 48.6 Å². The summed E-state index contributed by atoms with van der Waals surface area (Å²) in [7, 11) is 1.78. The SMILES string of the molecule is CC(c1nc(-c2cccnc2)no1)N(C)CC(=O)Nc1c(Cl)cccc1Cl. The highest BCUT2D eigenvalue weighted by Gasteiger charge is 2.22. The van der Waals surface area contributed by atoms with Crippen LogP contribution in [-0.2, 0) is 4.79 Å². The van der Waals surface area contributed by atoms with Crippen LogP contribution in [0.1, 0.15) is 18.9 Å². The van der Waals surface area contributed by atoms with Gasteiger partial charge in [0.05, 0.1) is 28.3 Å². The third-order valence-electron chi connectivity index (χ3n) is 4.00. The van der Waals surface area contributed by atoms with Crippen molar-refractivity contribution in [1.29, 1.82) is 0 Å². The van der Waals surface area contributed by atoms with Crippen LogP contribution in [-0.4, -0.2) is 39.5 Å². The number of halogens is 2. The van der Waals surface area contributed by atoms with E-state index < -0.39 is 0 Å². The first-order valence-electron chi connectivity index (χ1n) is 8.14. The summed E-state index contributed by atoms with van der Waals surface area (Å²) in [4.78, 5) is 22.5. The molecule has 0 saturated heterocycles. The van der Waals surface area contributed by atoms with Crippen LogP contribution in [0.2, 0.25) is 10.0 Å². The highest BCUT2D eigenvalue weighted by Crippen LogP contribution is 2.30. The van der Waals surface area contributed by atoms with Gasteiger partial charge in [0.2, 0.25) is 17.6 Å². The highest BCUT2D eigenvalue weighted by molar-refractivity contribution is 6.39. The molecule has 2 aromatic heterocycles. The van der Waals surface area contributed by atoms with Crippen LogP contribution in [0.4, 0.5) is 5.69 Å². The number of para-hydroxylation sites is 1. The van der Waals surface area contributed by atoms with Crippen LogP contribution < -0.4 is 5.32 Å². The van der Waals surface area contributed by atoms with Gasteiger partial charge >= 0.3 is 0 Å². The zero-order valence-electron chi connectivity index (χ0n) is 14.7. The molecule has 3 aromatic rings. The zero-order chi connectivity index (χ0) is 19.4. The van der Waals surface area contributed by atoms with Gasteiger partial charge in [-0.1, -0.05) is 34.4 Å². The summed E-state index contributed by atoms with van der Waals surface area (Å²) in [6.07, 6.45) is 3.33. The Labute approximate surface area is 166 Å². The van der Waals surface area contributed by atoms with E-state index in [1.165, 1.54) is 0 Å². The fourth-order valence-corrected chi connectivity index (χ4v) is 2.86. The van der Waals surface area contributed by atoms with E-state index in [2.05, 4.69) is 20.4 Å². The highest BCUT2D eigenvalue weighted by atomic mass is 35.5. The third kappa shape index (κ3) is 4.63. The molecule has 3 rings (SSSR count). The average Bonchev–Trinajstić information content (AvgIpc) is 3.15. The molecule has 0 radical (unpaired) electrons. The molecule has 1 aromatic carbocycles. The van der Waals surface area contributed by atoms with Crippen LogP contribution in [0.25, 0.3) is 11.4 Å². The number of hydrogen-bond donors (Lipinski definition) is 1. The van der Waals surface area contributed by atoms with Crippen LogP contribution in [0, 0.1) is 0 Å². The van der Waals surface area contributed by atoms with Crippen molar-refractivity contribution >= 4 is 34.8 Å². The minimum Gasteiger partial charge on any atom is -0.337 e. The number of benzene rings is 1. The van der Waals surface area contributed by atoms with Gasteiger partial charge in [0.25, 0.3) is 0 Å². The van der Waals surface area contributed by atoms with Gasteiger partial charge in [0, 0.05) is 18.0 Å². The molecule has 7 nitrogen and oxygen atoms in total. The summed E-state index contributed by atoms with van der Waals surface area (Å²) in [5.41, 5.74) is 1.15. The minimum atomic E-state index is -0.268. The first-order chi connectivity index (χ1) is 13.0. The van der Waals surface area contributed by atoms with Crippen molar-refractivity contribution < 1.29 is 9.32 Å². The van der Waals surface area contributed by atoms with Gasteiger partial charge in [0.15, 0.2) is 0 Å². The standard InChI is InChI=1S/C18H17Cl2N5O2/c1-11(18-23-17(24-27-18)12-5-4-8-21-9-12)25(2)10-15(26)22-16-13(19)6-3-7-14(16)20/h3-9,11H,10H2,1-2H3,(H,22,26). The molecule has 0 fully saturated rings. The Hall–Kier alpha value is -2.48. The van der Waals surface area contributed by atoms with Crippen molar-refractivity contribution in [3.63, 3.8) is 0 Å². The van der Waals surface area contributed by atoms with E-state index in [9.17, 15) is 4.79 Å². The molecule has 140 valence electrons. The number of likely N-dealkylation sites (N-methyl/N-ethyl adjacent to an activating group) is 1. The Kier molecular flexibility index (Phi) is 6.05. The average molecular weight is 406 g/mol. The molecule has 0 bridgehead atoms. The maximum absolute atomic E-state index is 12.3. The number of aromatic nitrogens is 3. The summed E-state index contributed by atoms with van der Waals surface area (Å²) in [6, 6.07) is 8.41. The number of nitrogens with one attached hydrogen (secondary N) is 1. The largest absolute Gasteiger partial charge is 0.337 e. The van der Waals surface area contributed by atoms with Crippen molar-refractivity contribution in [2.75, 3.05) is 18.9 Å². The van der Waals surface area contributed by atoms with E-state index in [4.69, 9.17) is 27.7 Å². The third-order valence-corrected chi connectivity index (χ3v) is 4.63. The molecule has 1 unspecified atom stereocenters. The number of nitrogens with zero attached hydrogens (tertiary/aromatic N) is 4. The molecule has 1 amide bonds. The van der Waals surface area contributed by atoms with Crippen LogP contribution in [0.3, 0.4) is 0 Å². The Morgan fingerprint density at radius 1 is 1.26 bits per heavy atom. The lowest BCUT2D eigenvalue weighted by atomic mass is 10.2. The predicted molar refractivity (Wildman–Crippen MR) is 104 cm³/mol. The van der Waals surface area contributed by atoms with Crippen LogP contribution >= 0.6 is 23.2 Å². The second kappa shape index (κ2) is 8.47. The lowest BCUT2D eigenvalue weighted by Crippen LogP contribution is -2.32. The zero-order valence-corrected chi connectivity index (χ0v) is 16.2. The smallest absolute Gasteiger partial charge is 0.244 e. The lowest BCUT2D eigenvalue weighted by Gasteiger charge is -2.21. The minimum absolute atomic E-state index is 0.0906. The first-order valence-corrected chi connectivity index (χ1v) is 8.89. The number of hydrogen-bond acceptors (Lipinski definition) is 6. The van der Waals surface area contributed by atoms with E-state index in [0.29, 0.717) is 27.4 Å². The van der Waals surface area contributed by atoms with Crippen molar-refractivity contribution in [3.8, 4) is 11.4 Å². The van der Waals surface area contributed by atoms with Crippen LogP contribution in [0.15, 0.2) is 47.2 Å². The summed E-state index contributed by atoms with van der Waals surface area (Å²) < 4.78 is 5.34. The Morgan fingerprint density at radius 2 is 2.00 bits per heavy atom. The first kappa shape index (κ1) is 19.3. The van der Waals surface area contributed by atoms with E-state index >= 15 is 0 Å². The predicted octanol–water partition coefficient (Wildman–Crippen LogP) is 4.07. The Balaban J connectivity index is 1.65. The van der Waals surface area contributed by atoms with E-state index in [0.717, 1.165) is 5.56 Å². The fourth-order valence-electron chi connectivity index (χ4n) is 2.37. The van der Waals surface area contributed by atoms with Gasteiger partial charge in [-0.05, 0) is 38.2 Å². The Bertz CT molecular complexity index is 912. The molecule has 0 aliphatic rings. The summed E-state index contributed by atoms with van der Waals surface area (Å²) in [6.45, 7) is 1.96. The maximum atomic E-state index is 12.3. The fraction of sp³-hybridized carbons (Fsp3) is 0.222. The second-order valence-electron chi connectivity index (χ2n) is 5.93. The van der Waals surface area contributed by atoms with Gasteiger partial charge in [-0.2, -0.15) is 4.98 Å². The van der Waals surface area contributed by atoms with Gasteiger partial charge in [-0.3, -0.25) is 14.7 Å². The number of carbonyl (C=O) groups excluding carboxylic acids is 1. The van der Waals surface area contributed by atoms with Crippen molar-refractivity contribution in [3.05, 3.63) is 58.7 Å². The second-order valence-corrected chi connectivity index (χ2v) is 6.75.